The van der Waals surface area contributed by atoms with E-state index in [1.165, 1.54) is 12.1 Å². The number of phenols is 1. The van der Waals surface area contributed by atoms with Gasteiger partial charge in [0.2, 0.25) is 5.91 Å². The fourth-order valence-corrected chi connectivity index (χ4v) is 1.77. The van der Waals surface area contributed by atoms with E-state index in [0.29, 0.717) is 6.42 Å². The van der Waals surface area contributed by atoms with E-state index in [1.807, 2.05) is 0 Å². The number of carbonyl (C=O) groups is 1. The zero-order chi connectivity index (χ0) is 15.9. The number of phenolic OH excluding ortho intramolecular Hbond substituents is 1. The normalized spacial score (nSPS) is 13.0. The van der Waals surface area contributed by atoms with Crippen LogP contribution >= 0.6 is 0 Å². The molecular formula is C14H19F3N2O2. The van der Waals surface area contributed by atoms with Crippen LogP contribution in [0.4, 0.5) is 13.2 Å². The predicted molar refractivity (Wildman–Crippen MR) is 72.7 cm³/mol. The van der Waals surface area contributed by atoms with Crippen LogP contribution in [0.3, 0.4) is 0 Å². The van der Waals surface area contributed by atoms with Gasteiger partial charge in [-0.25, -0.2) is 0 Å². The van der Waals surface area contributed by atoms with Crippen molar-refractivity contribution in [3.63, 3.8) is 0 Å². The summed E-state index contributed by atoms with van der Waals surface area (Å²) in [7, 11) is 0. The number of unbranched alkanes of at least 4 members (excludes halogenated alkanes) is 1. The van der Waals surface area contributed by atoms with Gasteiger partial charge in [0.25, 0.3) is 0 Å². The summed E-state index contributed by atoms with van der Waals surface area (Å²) in [5.74, 6) is -0.267. The van der Waals surface area contributed by atoms with Crippen LogP contribution in [-0.4, -0.2) is 29.8 Å². The van der Waals surface area contributed by atoms with Gasteiger partial charge in [0, 0.05) is 13.0 Å². The monoisotopic (exact) mass is 304 g/mol. The molecule has 0 fully saturated rings. The van der Waals surface area contributed by atoms with Crippen molar-refractivity contribution in [3.05, 3.63) is 29.8 Å². The van der Waals surface area contributed by atoms with Crippen LogP contribution in [0.1, 0.15) is 24.8 Å². The highest BCUT2D eigenvalue weighted by Gasteiger charge is 2.25. The van der Waals surface area contributed by atoms with E-state index in [1.54, 1.807) is 12.1 Å². The van der Waals surface area contributed by atoms with Gasteiger partial charge in [0.05, 0.1) is 6.04 Å². The van der Waals surface area contributed by atoms with Crippen LogP contribution < -0.4 is 11.1 Å². The average Bonchev–Trinajstić information content (AvgIpc) is 2.39. The number of nitrogens with one attached hydrogen (secondary N) is 1. The summed E-state index contributed by atoms with van der Waals surface area (Å²) in [5, 5.41) is 11.7. The quantitative estimate of drug-likeness (QED) is 0.675. The minimum absolute atomic E-state index is 0.0169. The van der Waals surface area contributed by atoms with E-state index in [-0.39, 0.29) is 25.1 Å². The van der Waals surface area contributed by atoms with Gasteiger partial charge in [-0.1, -0.05) is 12.1 Å². The Morgan fingerprint density at radius 3 is 2.43 bits per heavy atom. The Balaban J connectivity index is 2.24. The zero-order valence-electron chi connectivity index (χ0n) is 11.5. The predicted octanol–water partition coefficient (Wildman–Crippen LogP) is 2.11. The lowest BCUT2D eigenvalue weighted by atomic mass is 10.1. The molecule has 0 radical (unpaired) electrons. The topological polar surface area (TPSA) is 75.3 Å². The Morgan fingerprint density at radius 2 is 1.86 bits per heavy atom. The largest absolute Gasteiger partial charge is 0.508 e. The maximum absolute atomic E-state index is 11.9. The number of aromatic hydroxyl groups is 1. The molecule has 0 unspecified atom stereocenters. The molecule has 0 saturated heterocycles. The lowest BCUT2D eigenvalue weighted by Crippen LogP contribution is -2.42. The van der Waals surface area contributed by atoms with Crippen LogP contribution in [0, 0.1) is 0 Å². The first-order valence-electron chi connectivity index (χ1n) is 6.66. The van der Waals surface area contributed by atoms with E-state index in [4.69, 9.17) is 10.8 Å². The number of halogens is 3. The van der Waals surface area contributed by atoms with Crippen molar-refractivity contribution >= 4 is 5.91 Å². The fourth-order valence-electron chi connectivity index (χ4n) is 1.77. The number of hydrogen-bond acceptors (Lipinski definition) is 3. The van der Waals surface area contributed by atoms with Crippen molar-refractivity contribution in [2.75, 3.05) is 6.54 Å². The third-order valence-corrected chi connectivity index (χ3v) is 2.91. The number of hydrogen-bond donors (Lipinski definition) is 3. The maximum atomic E-state index is 11.9. The summed E-state index contributed by atoms with van der Waals surface area (Å²) < 4.78 is 35.7. The molecule has 118 valence electrons. The molecular weight excluding hydrogens is 285 g/mol. The summed E-state index contributed by atoms with van der Waals surface area (Å²) in [4.78, 5) is 11.7. The Hall–Kier alpha value is -1.76. The van der Waals surface area contributed by atoms with E-state index < -0.39 is 24.5 Å². The zero-order valence-corrected chi connectivity index (χ0v) is 11.5. The molecule has 4 N–H and O–H groups in total. The highest BCUT2D eigenvalue weighted by atomic mass is 19.4. The van der Waals surface area contributed by atoms with E-state index >= 15 is 0 Å². The third-order valence-electron chi connectivity index (χ3n) is 2.91. The van der Waals surface area contributed by atoms with Crippen LogP contribution in [0.2, 0.25) is 0 Å². The molecule has 0 saturated carbocycles. The smallest absolute Gasteiger partial charge is 0.389 e. The molecule has 0 bridgehead atoms. The first-order chi connectivity index (χ1) is 9.78. The summed E-state index contributed by atoms with van der Waals surface area (Å²) in [6.07, 6.45) is -4.45. The maximum Gasteiger partial charge on any atom is 0.389 e. The van der Waals surface area contributed by atoms with Crippen LogP contribution in [0.15, 0.2) is 24.3 Å². The Kier molecular flexibility index (Phi) is 6.48. The third kappa shape index (κ3) is 7.55. The van der Waals surface area contributed by atoms with Crippen molar-refractivity contribution in [2.24, 2.45) is 5.73 Å². The van der Waals surface area contributed by atoms with Crippen LogP contribution in [-0.2, 0) is 11.2 Å². The summed E-state index contributed by atoms with van der Waals surface area (Å²) in [5.41, 5.74) is 6.52. The molecule has 0 aliphatic rings. The average molecular weight is 304 g/mol. The molecule has 21 heavy (non-hydrogen) atoms. The Bertz CT molecular complexity index is 447. The molecule has 0 aromatic heterocycles. The Morgan fingerprint density at radius 1 is 1.24 bits per heavy atom. The second kappa shape index (κ2) is 7.87. The fraction of sp³-hybridized carbons (Fsp3) is 0.500. The molecule has 7 heteroatoms. The van der Waals surface area contributed by atoms with Crippen LogP contribution in [0.5, 0.6) is 5.75 Å². The molecule has 0 aliphatic carbocycles. The first kappa shape index (κ1) is 17.3. The van der Waals surface area contributed by atoms with Gasteiger partial charge >= 0.3 is 6.18 Å². The van der Waals surface area contributed by atoms with Crippen molar-refractivity contribution in [1.82, 2.24) is 5.32 Å². The van der Waals surface area contributed by atoms with E-state index in [2.05, 4.69) is 5.32 Å². The van der Waals surface area contributed by atoms with Gasteiger partial charge in [-0.05, 0) is 37.0 Å². The van der Waals surface area contributed by atoms with Gasteiger partial charge in [-0.15, -0.1) is 0 Å². The molecule has 1 atom stereocenters. The number of benzene rings is 1. The van der Waals surface area contributed by atoms with Gasteiger partial charge in [0.1, 0.15) is 5.75 Å². The van der Waals surface area contributed by atoms with Gasteiger partial charge < -0.3 is 16.2 Å². The molecule has 1 rings (SSSR count). The van der Waals surface area contributed by atoms with E-state index in [9.17, 15) is 18.0 Å². The molecule has 0 spiro atoms. The SMILES string of the molecule is N[C@@H](Cc1ccc(O)cc1)C(=O)NCCCCC(F)(F)F. The standard InChI is InChI=1S/C14H19F3N2O2/c15-14(16,17)7-1-2-8-19-13(21)12(18)9-10-3-5-11(20)6-4-10/h3-6,12,20H,1-2,7-9,18H2,(H,19,21)/t12-/m0/s1. The lowest BCUT2D eigenvalue weighted by Gasteiger charge is -2.12. The second-order valence-corrected chi connectivity index (χ2v) is 4.84. The van der Waals surface area contributed by atoms with Crippen molar-refractivity contribution in [1.29, 1.82) is 0 Å². The van der Waals surface area contributed by atoms with Crippen molar-refractivity contribution in [2.45, 2.75) is 37.9 Å². The summed E-state index contributed by atoms with van der Waals surface area (Å²) in [6, 6.07) is 5.54. The minimum atomic E-state index is -4.15. The molecule has 4 nitrogen and oxygen atoms in total. The van der Waals surface area contributed by atoms with Crippen molar-refractivity contribution in [3.8, 4) is 5.75 Å². The Labute approximate surface area is 121 Å². The summed E-state index contributed by atoms with van der Waals surface area (Å²) in [6.45, 7) is 0.179. The number of carbonyl (C=O) groups excluding carboxylic acids is 1. The van der Waals surface area contributed by atoms with Crippen LogP contribution in [0.25, 0.3) is 0 Å². The highest BCUT2D eigenvalue weighted by Crippen LogP contribution is 2.21. The number of alkyl halides is 3. The first-order valence-corrected chi connectivity index (χ1v) is 6.66. The van der Waals surface area contributed by atoms with Gasteiger partial charge in [-0.2, -0.15) is 13.2 Å². The minimum Gasteiger partial charge on any atom is -0.508 e. The summed E-state index contributed by atoms with van der Waals surface area (Å²) >= 11 is 0. The molecule has 1 aromatic carbocycles. The molecule has 0 heterocycles. The molecule has 1 aromatic rings. The second-order valence-electron chi connectivity index (χ2n) is 4.84. The van der Waals surface area contributed by atoms with Crippen molar-refractivity contribution < 1.29 is 23.1 Å². The van der Waals surface area contributed by atoms with E-state index in [0.717, 1.165) is 5.56 Å². The molecule has 1 amide bonds. The van der Waals surface area contributed by atoms with Gasteiger partial charge in [0.15, 0.2) is 0 Å². The highest BCUT2D eigenvalue weighted by molar-refractivity contribution is 5.81. The number of nitrogens with two attached hydrogens (primary N) is 1. The molecule has 0 aliphatic heterocycles. The van der Waals surface area contributed by atoms with Gasteiger partial charge in [-0.3, -0.25) is 4.79 Å². The number of rotatable bonds is 7. The lowest BCUT2D eigenvalue weighted by molar-refractivity contribution is -0.135. The number of amides is 1.